The van der Waals surface area contributed by atoms with Gasteiger partial charge in [-0.15, -0.1) is 0 Å². The van der Waals surface area contributed by atoms with Crippen LogP contribution >= 0.6 is 0 Å². The van der Waals surface area contributed by atoms with E-state index in [1.165, 1.54) is 0 Å². The van der Waals surface area contributed by atoms with Crippen LogP contribution in [0.3, 0.4) is 0 Å². The average Bonchev–Trinajstić information content (AvgIpc) is 2.83. The summed E-state index contributed by atoms with van der Waals surface area (Å²) in [4.78, 5) is 14.9. The Hall–Kier alpha value is -1.86. The Morgan fingerprint density at radius 2 is 2.05 bits per heavy atom. The molecule has 0 saturated carbocycles. The summed E-state index contributed by atoms with van der Waals surface area (Å²) in [5, 5.41) is 8.91. The second-order valence-corrected chi connectivity index (χ2v) is 7.23. The van der Waals surface area contributed by atoms with Gasteiger partial charge in [0.2, 0.25) is 0 Å². The largest absolute Gasteiger partial charge is 0.355 e. The van der Waals surface area contributed by atoms with Crippen molar-refractivity contribution in [2.45, 2.75) is 52.3 Å². The fraction of sp³-hybridized carbons (Fsp3) is 0.556. The van der Waals surface area contributed by atoms with Crippen LogP contribution in [0.4, 0.5) is 0 Å². The summed E-state index contributed by atoms with van der Waals surface area (Å²) in [5.74, 6) is -0.0292. The molecule has 2 rings (SSSR count). The molecular formula is C18H24N2O2. The van der Waals surface area contributed by atoms with Gasteiger partial charge in [-0.3, -0.25) is 4.79 Å². The number of carbonyl (C=O) groups is 1. The molecular weight excluding hydrogens is 276 g/mol. The van der Waals surface area contributed by atoms with Crippen LogP contribution < -0.4 is 0 Å². The fourth-order valence-electron chi connectivity index (χ4n) is 2.91. The molecule has 2 atom stereocenters. The summed E-state index contributed by atoms with van der Waals surface area (Å²) in [5.41, 5.74) is 0.0283. The summed E-state index contributed by atoms with van der Waals surface area (Å²) in [7, 11) is 0. The standard InChI is InChI=1S/C18H24N2O2/c1-17(2,3)16-20(15(21)14-9-6-5-7-10-14)18(4,13-22-16)11-8-12-19/h5-7,9-10,16H,8,11,13H2,1-4H3/t16-,18+/m0/s1. The number of hydrogen-bond donors (Lipinski definition) is 0. The normalized spacial score (nSPS) is 25.0. The third kappa shape index (κ3) is 3.15. The minimum absolute atomic E-state index is 0.0292. The number of rotatable bonds is 3. The Morgan fingerprint density at radius 3 is 2.59 bits per heavy atom. The minimum Gasteiger partial charge on any atom is -0.355 e. The van der Waals surface area contributed by atoms with Gasteiger partial charge in [0.15, 0.2) is 0 Å². The Labute approximate surface area is 132 Å². The van der Waals surface area contributed by atoms with Gasteiger partial charge in [0.1, 0.15) is 6.23 Å². The number of ether oxygens (including phenoxy) is 1. The summed E-state index contributed by atoms with van der Waals surface area (Å²) < 4.78 is 5.98. The molecule has 0 bridgehead atoms. The van der Waals surface area contributed by atoms with Crippen LogP contribution in [-0.4, -0.2) is 29.2 Å². The molecule has 1 saturated heterocycles. The SMILES string of the molecule is CC(C)(C)[C@@H]1OC[C@@](C)(CCC#N)N1C(=O)c1ccccc1. The molecule has 0 spiro atoms. The molecule has 0 N–H and O–H groups in total. The number of nitrogens with zero attached hydrogens (tertiary/aromatic N) is 2. The van der Waals surface area contributed by atoms with Gasteiger partial charge in [-0.2, -0.15) is 5.26 Å². The van der Waals surface area contributed by atoms with E-state index >= 15 is 0 Å². The zero-order valence-corrected chi connectivity index (χ0v) is 13.8. The highest BCUT2D eigenvalue weighted by atomic mass is 16.5. The highest BCUT2D eigenvalue weighted by Gasteiger charge is 2.50. The maximum Gasteiger partial charge on any atom is 0.256 e. The predicted molar refractivity (Wildman–Crippen MR) is 85.1 cm³/mol. The van der Waals surface area contributed by atoms with Crippen molar-refractivity contribution in [2.75, 3.05) is 6.61 Å². The first-order valence-electron chi connectivity index (χ1n) is 7.67. The first-order valence-corrected chi connectivity index (χ1v) is 7.67. The lowest BCUT2D eigenvalue weighted by Gasteiger charge is -2.40. The Balaban J connectivity index is 2.38. The van der Waals surface area contributed by atoms with Gasteiger partial charge < -0.3 is 9.64 Å². The van der Waals surface area contributed by atoms with Gasteiger partial charge in [0.25, 0.3) is 5.91 Å². The third-order valence-corrected chi connectivity index (χ3v) is 4.12. The van der Waals surface area contributed by atoms with E-state index in [1.54, 1.807) is 0 Å². The van der Waals surface area contributed by atoms with Crippen molar-refractivity contribution in [3.05, 3.63) is 35.9 Å². The van der Waals surface area contributed by atoms with Crippen molar-refractivity contribution in [1.82, 2.24) is 4.90 Å². The van der Waals surface area contributed by atoms with E-state index in [9.17, 15) is 4.79 Å². The maximum atomic E-state index is 13.0. The average molecular weight is 300 g/mol. The van der Waals surface area contributed by atoms with Crippen molar-refractivity contribution >= 4 is 5.91 Å². The van der Waals surface area contributed by atoms with Gasteiger partial charge in [-0.1, -0.05) is 39.0 Å². The monoisotopic (exact) mass is 300 g/mol. The number of carbonyl (C=O) groups excluding carboxylic acids is 1. The van der Waals surface area contributed by atoms with Crippen LogP contribution in [0.25, 0.3) is 0 Å². The van der Waals surface area contributed by atoms with Crippen LogP contribution in [-0.2, 0) is 4.74 Å². The number of nitriles is 1. The fourth-order valence-corrected chi connectivity index (χ4v) is 2.91. The van der Waals surface area contributed by atoms with E-state index in [2.05, 4.69) is 26.8 Å². The number of hydrogen-bond acceptors (Lipinski definition) is 3. The Morgan fingerprint density at radius 1 is 1.41 bits per heavy atom. The molecule has 0 unspecified atom stereocenters. The first-order chi connectivity index (χ1) is 10.3. The molecule has 4 heteroatoms. The lowest BCUT2D eigenvalue weighted by atomic mass is 9.89. The highest BCUT2D eigenvalue weighted by molar-refractivity contribution is 5.95. The molecule has 1 amide bonds. The second kappa shape index (κ2) is 6.10. The Bertz CT molecular complexity index is 571. The predicted octanol–water partition coefficient (Wildman–Crippen LogP) is 3.59. The van der Waals surface area contributed by atoms with Gasteiger partial charge >= 0.3 is 0 Å². The molecule has 0 aliphatic carbocycles. The molecule has 118 valence electrons. The third-order valence-electron chi connectivity index (χ3n) is 4.12. The number of amides is 1. The first kappa shape index (κ1) is 16.5. The van der Waals surface area contributed by atoms with Gasteiger partial charge in [0.05, 0.1) is 18.2 Å². The molecule has 1 aromatic rings. The van der Waals surface area contributed by atoms with Crippen molar-refractivity contribution in [1.29, 1.82) is 5.26 Å². The molecule has 1 heterocycles. The van der Waals surface area contributed by atoms with E-state index < -0.39 is 5.54 Å². The molecule has 4 nitrogen and oxygen atoms in total. The van der Waals surface area contributed by atoms with Crippen molar-refractivity contribution in [2.24, 2.45) is 5.41 Å². The topological polar surface area (TPSA) is 53.3 Å². The molecule has 1 aromatic carbocycles. The summed E-state index contributed by atoms with van der Waals surface area (Å²) >= 11 is 0. The van der Waals surface area contributed by atoms with Crippen molar-refractivity contribution in [3.8, 4) is 6.07 Å². The van der Waals surface area contributed by atoms with Crippen molar-refractivity contribution in [3.63, 3.8) is 0 Å². The molecule has 1 aliphatic heterocycles. The van der Waals surface area contributed by atoms with E-state index in [0.717, 1.165) is 0 Å². The van der Waals surface area contributed by atoms with E-state index in [0.29, 0.717) is 25.0 Å². The van der Waals surface area contributed by atoms with E-state index in [-0.39, 0.29) is 17.6 Å². The van der Waals surface area contributed by atoms with Gasteiger partial charge in [-0.05, 0) is 25.5 Å². The van der Waals surface area contributed by atoms with Gasteiger partial charge in [-0.25, -0.2) is 0 Å². The number of benzene rings is 1. The molecule has 0 aromatic heterocycles. The molecule has 1 aliphatic rings. The quantitative estimate of drug-likeness (QED) is 0.857. The van der Waals surface area contributed by atoms with E-state index in [1.807, 2.05) is 42.2 Å². The minimum atomic E-state index is -0.444. The second-order valence-electron chi connectivity index (χ2n) is 7.23. The van der Waals surface area contributed by atoms with Crippen LogP contribution in [0, 0.1) is 16.7 Å². The highest BCUT2D eigenvalue weighted by Crippen LogP contribution is 2.40. The van der Waals surface area contributed by atoms with Crippen LogP contribution in [0.15, 0.2) is 30.3 Å². The maximum absolute atomic E-state index is 13.0. The van der Waals surface area contributed by atoms with E-state index in [4.69, 9.17) is 10.00 Å². The summed E-state index contributed by atoms with van der Waals surface area (Å²) in [6.07, 6.45) is 0.744. The molecule has 0 radical (unpaired) electrons. The van der Waals surface area contributed by atoms with Crippen LogP contribution in [0.1, 0.15) is 50.9 Å². The zero-order chi connectivity index (χ0) is 16.4. The Kier molecular flexibility index (Phi) is 4.58. The lowest BCUT2D eigenvalue weighted by Crippen LogP contribution is -2.53. The zero-order valence-electron chi connectivity index (χ0n) is 13.8. The van der Waals surface area contributed by atoms with Crippen molar-refractivity contribution < 1.29 is 9.53 Å². The lowest BCUT2D eigenvalue weighted by molar-refractivity contribution is -0.0414. The van der Waals surface area contributed by atoms with Gasteiger partial charge in [0, 0.05) is 17.4 Å². The molecule has 22 heavy (non-hydrogen) atoms. The summed E-state index contributed by atoms with van der Waals surface area (Å²) in [6.45, 7) is 8.68. The van der Waals surface area contributed by atoms with Crippen LogP contribution in [0.2, 0.25) is 0 Å². The smallest absolute Gasteiger partial charge is 0.256 e. The van der Waals surface area contributed by atoms with Crippen LogP contribution in [0.5, 0.6) is 0 Å². The summed E-state index contributed by atoms with van der Waals surface area (Å²) in [6, 6.07) is 11.5. The molecule has 1 fully saturated rings.